The fourth-order valence-electron chi connectivity index (χ4n) is 1.18. The van der Waals surface area contributed by atoms with E-state index in [0.717, 1.165) is 5.69 Å². The lowest BCUT2D eigenvalue weighted by Gasteiger charge is -2.00. The first-order valence-electron chi connectivity index (χ1n) is 5.12. The Balaban J connectivity index is 2.62. The van der Waals surface area contributed by atoms with Gasteiger partial charge in [0.05, 0.1) is 13.0 Å². The molecule has 0 saturated carbocycles. The second-order valence-corrected chi connectivity index (χ2v) is 3.27. The summed E-state index contributed by atoms with van der Waals surface area (Å²) in [5, 5.41) is 9.47. The van der Waals surface area contributed by atoms with Crippen molar-refractivity contribution in [2.75, 3.05) is 6.61 Å². The van der Waals surface area contributed by atoms with Gasteiger partial charge in [-0.3, -0.25) is 4.79 Å². The molecule has 0 fully saturated rings. The van der Waals surface area contributed by atoms with Gasteiger partial charge in [0.1, 0.15) is 11.4 Å². The van der Waals surface area contributed by atoms with E-state index >= 15 is 0 Å². The highest BCUT2D eigenvalue weighted by atomic mass is 16.5. The molecule has 86 valence electrons. The summed E-state index contributed by atoms with van der Waals surface area (Å²) in [7, 11) is 0. The number of esters is 1. The molecular formula is C12H15NO3. The van der Waals surface area contributed by atoms with Crippen LogP contribution in [0.25, 0.3) is 6.08 Å². The van der Waals surface area contributed by atoms with Gasteiger partial charge in [0.2, 0.25) is 0 Å². The lowest BCUT2D eigenvalue weighted by atomic mass is 10.2. The van der Waals surface area contributed by atoms with Gasteiger partial charge in [-0.25, -0.2) is 4.98 Å². The van der Waals surface area contributed by atoms with Crippen LogP contribution in [0.2, 0.25) is 0 Å². The Morgan fingerprint density at radius 2 is 2.31 bits per heavy atom. The highest BCUT2D eigenvalue weighted by Gasteiger charge is 2.00. The maximum absolute atomic E-state index is 11.0. The molecule has 0 saturated heterocycles. The number of nitrogens with zero attached hydrogens (tertiary/aromatic N) is 1. The van der Waals surface area contributed by atoms with E-state index in [0.29, 0.717) is 12.3 Å². The quantitative estimate of drug-likeness (QED) is 0.790. The second-order valence-electron chi connectivity index (χ2n) is 3.27. The van der Waals surface area contributed by atoms with Crippen LogP contribution in [0.1, 0.15) is 24.7 Å². The second kappa shape index (κ2) is 5.90. The Morgan fingerprint density at radius 1 is 1.56 bits per heavy atom. The van der Waals surface area contributed by atoms with Crippen LogP contribution in [0.3, 0.4) is 0 Å². The van der Waals surface area contributed by atoms with Crippen LogP contribution in [0.5, 0.6) is 5.75 Å². The third-order valence-electron chi connectivity index (χ3n) is 1.91. The summed E-state index contributed by atoms with van der Waals surface area (Å²) in [4.78, 5) is 15.2. The highest BCUT2D eigenvalue weighted by Crippen LogP contribution is 2.16. The molecule has 0 aliphatic carbocycles. The zero-order chi connectivity index (χ0) is 12.0. The summed E-state index contributed by atoms with van der Waals surface area (Å²) in [6, 6.07) is 3.30. The van der Waals surface area contributed by atoms with Crippen LogP contribution in [0.4, 0.5) is 0 Å². The van der Waals surface area contributed by atoms with E-state index in [1.165, 1.54) is 0 Å². The molecule has 0 spiro atoms. The first-order valence-corrected chi connectivity index (χ1v) is 5.12. The fourth-order valence-corrected chi connectivity index (χ4v) is 1.18. The molecule has 0 amide bonds. The van der Waals surface area contributed by atoms with E-state index in [9.17, 15) is 9.90 Å². The van der Waals surface area contributed by atoms with Gasteiger partial charge in [0, 0.05) is 5.69 Å². The highest BCUT2D eigenvalue weighted by molar-refractivity contribution is 5.72. The first-order chi connectivity index (χ1) is 7.63. The molecule has 4 nitrogen and oxygen atoms in total. The predicted octanol–water partition coefficient (Wildman–Crippen LogP) is 2.06. The molecule has 1 N–H and O–H groups in total. The standard InChI is InChI=1S/C12H15NO3/c1-3-16-12(15)6-4-5-10-11(14)8-7-9(2)13-10/h4-5,7-8,14H,3,6H2,1-2H3. The van der Waals surface area contributed by atoms with Gasteiger partial charge in [0.15, 0.2) is 0 Å². The van der Waals surface area contributed by atoms with Crippen LogP contribution in [-0.2, 0) is 9.53 Å². The zero-order valence-electron chi connectivity index (χ0n) is 9.43. The minimum absolute atomic E-state index is 0.103. The Kier molecular flexibility index (Phi) is 4.51. The number of aryl methyl sites for hydroxylation is 1. The van der Waals surface area contributed by atoms with E-state index in [-0.39, 0.29) is 18.1 Å². The number of aromatic hydroxyl groups is 1. The summed E-state index contributed by atoms with van der Waals surface area (Å²) >= 11 is 0. The average molecular weight is 221 g/mol. The third kappa shape index (κ3) is 3.73. The van der Waals surface area contributed by atoms with Crippen molar-refractivity contribution in [3.63, 3.8) is 0 Å². The number of carbonyl (C=O) groups is 1. The molecule has 16 heavy (non-hydrogen) atoms. The van der Waals surface area contributed by atoms with Gasteiger partial charge < -0.3 is 9.84 Å². The van der Waals surface area contributed by atoms with E-state index in [1.807, 2.05) is 6.92 Å². The molecule has 0 radical (unpaired) electrons. The maximum Gasteiger partial charge on any atom is 0.309 e. The number of ether oxygens (including phenoxy) is 1. The monoisotopic (exact) mass is 221 g/mol. The van der Waals surface area contributed by atoms with Crippen LogP contribution in [-0.4, -0.2) is 22.7 Å². The molecule has 4 heteroatoms. The smallest absolute Gasteiger partial charge is 0.309 e. The van der Waals surface area contributed by atoms with E-state index in [1.54, 1.807) is 31.2 Å². The summed E-state index contributed by atoms with van der Waals surface area (Å²) in [5.41, 5.74) is 1.28. The fraction of sp³-hybridized carbons (Fsp3) is 0.333. The normalized spacial score (nSPS) is 10.6. The molecular weight excluding hydrogens is 206 g/mol. The Labute approximate surface area is 94.6 Å². The van der Waals surface area contributed by atoms with Crippen LogP contribution >= 0.6 is 0 Å². The lowest BCUT2D eigenvalue weighted by molar-refractivity contribution is -0.142. The molecule has 1 heterocycles. The summed E-state index contributed by atoms with van der Waals surface area (Å²) in [6.45, 7) is 3.97. The number of pyridine rings is 1. The molecule has 1 rings (SSSR count). The topological polar surface area (TPSA) is 59.4 Å². The zero-order valence-corrected chi connectivity index (χ0v) is 9.43. The van der Waals surface area contributed by atoms with Crippen molar-refractivity contribution < 1.29 is 14.6 Å². The molecule has 1 aromatic heterocycles. The van der Waals surface area contributed by atoms with Gasteiger partial charge in [-0.2, -0.15) is 0 Å². The van der Waals surface area contributed by atoms with Crippen molar-refractivity contribution in [2.24, 2.45) is 0 Å². The van der Waals surface area contributed by atoms with Crippen molar-refractivity contribution >= 4 is 12.0 Å². The largest absolute Gasteiger partial charge is 0.506 e. The average Bonchev–Trinajstić information content (AvgIpc) is 2.23. The number of hydrogen-bond acceptors (Lipinski definition) is 4. The molecule has 0 aliphatic heterocycles. The van der Waals surface area contributed by atoms with Gasteiger partial charge in [-0.15, -0.1) is 0 Å². The Morgan fingerprint density at radius 3 is 3.00 bits per heavy atom. The van der Waals surface area contributed by atoms with E-state index < -0.39 is 0 Å². The number of rotatable bonds is 4. The molecule has 0 bridgehead atoms. The number of carbonyl (C=O) groups excluding carboxylic acids is 1. The lowest BCUT2D eigenvalue weighted by Crippen LogP contribution is -2.01. The van der Waals surface area contributed by atoms with Gasteiger partial charge in [-0.1, -0.05) is 6.08 Å². The van der Waals surface area contributed by atoms with Crippen LogP contribution in [0.15, 0.2) is 18.2 Å². The Bertz CT molecular complexity index is 399. The van der Waals surface area contributed by atoms with E-state index in [2.05, 4.69) is 4.98 Å². The van der Waals surface area contributed by atoms with E-state index in [4.69, 9.17) is 4.74 Å². The predicted molar refractivity (Wildman–Crippen MR) is 60.9 cm³/mol. The summed E-state index contributed by atoms with van der Waals surface area (Å²) < 4.78 is 4.76. The van der Waals surface area contributed by atoms with Crippen LogP contribution < -0.4 is 0 Å². The van der Waals surface area contributed by atoms with Gasteiger partial charge in [0.25, 0.3) is 0 Å². The van der Waals surface area contributed by atoms with Crippen molar-refractivity contribution in [1.82, 2.24) is 4.98 Å². The first kappa shape index (κ1) is 12.2. The maximum atomic E-state index is 11.0. The molecule has 1 aromatic rings. The summed E-state index contributed by atoms with van der Waals surface area (Å²) in [6.07, 6.45) is 3.42. The Hall–Kier alpha value is -1.84. The number of aromatic nitrogens is 1. The van der Waals surface area contributed by atoms with Crippen LogP contribution in [0, 0.1) is 6.92 Å². The van der Waals surface area contributed by atoms with Gasteiger partial charge >= 0.3 is 5.97 Å². The SMILES string of the molecule is CCOC(=O)CC=Cc1nc(C)ccc1O. The summed E-state index contributed by atoms with van der Waals surface area (Å²) in [5.74, 6) is -0.184. The van der Waals surface area contributed by atoms with Crippen molar-refractivity contribution in [3.05, 3.63) is 29.6 Å². The number of hydrogen-bond donors (Lipinski definition) is 1. The molecule has 0 unspecified atom stereocenters. The third-order valence-corrected chi connectivity index (χ3v) is 1.91. The molecule has 0 aromatic carbocycles. The molecule has 0 aliphatic rings. The van der Waals surface area contributed by atoms with Crippen molar-refractivity contribution in [2.45, 2.75) is 20.3 Å². The van der Waals surface area contributed by atoms with Crippen molar-refractivity contribution in [3.8, 4) is 5.75 Å². The molecule has 0 atom stereocenters. The minimum atomic E-state index is -0.286. The van der Waals surface area contributed by atoms with Crippen molar-refractivity contribution in [1.29, 1.82) is 0 Å². The minimum Gasteiger partial charge on any atom is -0.506 e. The van der Waals surface area contributed by atoms with Gasteiger partial charge in [-0.05, 0) is 32.1 Å².